The monoisotopic (exact) mass is 270 g/mol. The summed E-state index contributed by atoms with van der Waals surface area (Å²) in [6, 6.07) is 0. The van der Waals surface area contributed by atoms with Crippen LogP contribution in [0.15, 0.2) is 0 Å². The Morgan fingerprint density at radius 1 is 0.684 bits per heavy atom. The largest absolute Gasteiger partial charge is 0.481 e. The lowest BCUT2D eigenvalue weighted by atomic mass is 10.0. The maximum atomic E-state index is 11.4. The molecule has 1 N–H and O–H groups in total. The van der Waals surface area contributed by atoms with E-state index in [4.69, 9.17) is 5.11 Å². The van der Waals surface area contributed by atoms with Gasteiger partial charge in [-0.25, -0.2) is 0 Å². The Bertz CT molecular complexity index is 236. The van der Waals surface area contributed by atoms with Crippen molar-refractivity contribution in [2.24, 2.45) is 0 Å². The van der Waals surface area contributed by atoms with Crippen LogP contribution in [0.5, 0.6) is 0 Å². The molecule has 3 nitrogen and oxygen atoms in total. The molecule has 0 aromatic heterocycles. The van der Waals surface area contributed by atoms with Crippen LogP contribution in [0.2, 0.25) is 0 Å². The van der Waals surface area contributed by atoms with Crippen LogP contribution in [0.3, 0.4) is 0 Å². The molecule has 0 radical (unpaired) electrons. The number of hydrogen-bond donors (Lipinski definition) is 1. The zero-order valence-electron chi connectivity index (χ0n) is 12.5. The molecule has 0 spiro atoms. The van der Waals surface area contributed by atoms with Crippen molar-refractivity contribution < 1.29 is 14.7 Å². The number of hydrogen-bond acceptors (Lipinski definition) is 2. The molecule has 0 heterocycles. The fourth-order valence-electron chi connectivity index (χ4n) is 2.16. The van der Waals surface area contributed by atoms with Gasteiger partial charge >= 0.3 is 5.97 Å². The number of Topliss-reactive ketones (excluding diaryl/α,β-unsaturated/α-hetero) is 1. The quantitative estimate of drug-likeness (QED) is 0.464. The normalized spacial score (nSPS) is 10.6. The molecule has 0 aromatic carbocycles. The van der Waals surface area contributed by atoms with E-state index in [-0.39, 0.29) is 0 Å². The molecular formula is C16H30O3. The summed E-state index contributed by atoms with van der Waals surface area (Å²) in [5, 5.41) is 8.48. The number of carboxylic acids is 1. The Labute approximate surface area is 117 Å². The molecule has 0 fully saturated rings. The summed E-state index contributed by atoms with van der Waals surface area (Å²) in [5.41, 5.74) is 0. The van der Waals surface area contributed by atoms with Crippen LogP contribution >= 0.6 is 0 Å². The van der Waals surface area contributed by atoms with Gasteiger partial charge in [0, 0.05) is 19.3 Å². The van der Waals surface area contributed by atoms with E-state index in [0.717, 1.165) is 57.8 Å². The minimum absolute atomic E-state index is 0.305. The van der Waals surface area contributed by atoms with Crippen LogP contribution in [0.4, 0.5) is 0 Å². The number of rotatable bonds is 14. The highest BCUT2D eigenvalue weighted by Crippen LogP contribution is 2.11. The van der Waals surface area contributed by atoms with Gasteiger partial charge in [-0.05, 0) is 19.3 Å². The van der Waals surface area contributed by atoms with Gasteiger partial charge in [0.15, 0.2) is 0 Å². The molecule has 112 valence electrons. The maximum Gasteiger partial charge on any atom is 0.303 e. The van der Waals surface area contributed by atoms with E-state index < -0.39 is 5.97 Å². The Balaban J connectivity index is 3.10. The van der Waals surface area contributed by atoms with Gasteiger partial charge < -0.3 is 5.11 Å². The van der Waals surface area contributed by atoms with Gasteiger partial charge in [-0.1, -0.05) is 51.9 Å². The van der Waals surface area contributed by atoms with Crippen molar-refractivity contribution in [3.05, 3.63) is 0 Å². The lowest BCUT2D eigenvalue weighted by molar-refractivity contribution is -0.137. The van der Waals surface area contributed by atoms with Crippen LogP contribution in [0, 0.1) is 0 Å². The maximum absolute atomic E-state index is 11.4. The first-order chi connectivity index (χ1) is 9.16. The molecular weight excluding hydrogens is 240 g/mol. The van der Waals surface area contributed by atoms with Gasteiger partial charge in [0.1, 0.15) is 5.78 Å². The minimum Gasteiger partial charge on any atom is -0.481 e. The predicted molar refractivity (Wildman–Crippen MR) is 78.3 cm³/mol. The number of carboxylic acid groups (broad SMARTS) is 1. The summed E-state index contributed by atoms with van der Waals surface area (Å²) in [4.78, 5) is 21.7. The summed E-state index contributed by atoms with van der Waals surface area (Å²) in [6.45, 7) is 2.11. The molecule has 0 aliphatic rings. The second kappa shape index (κ2) is 13.6. The van der Waals surface area contributed by atoms with Gasteiger partial charge in [0.25, 0.3) is 0 Å². The van der Waals surface area contributed by atoms with Crippen molar-refractivity contribution >= 4 is 11.8 Å². The first-order valence-corrected chi connectivity index (χ1v) is 7.90. The van der Waals surface area contributed by atoms with Crippen molar-refractivity contribution in [1.82, 2.24) is 0 Å². The molecule has 0 saturated carbocycles. The third kappa shape index (κ3) is 15.1. The molecule has 3 heteroatoms. The standard InChI is InChI=1S/C16H30O3/c1-2-3-12-15(17)13-10-8-6-4-5-7-9-11-14-16(18)19/h2-14H2,1H3,(H,18,19). The van der Waals surface area contributed by atoms with E-state index in [1.807, 2.05) is 0 Å². The van der Waals surface area contributed by atoms with Gasteiger partial charge in [0.2, 0.25) is 0 Å². The summed E-state index contributed by atoms with van der Waals surface area (Å²) in [7, 11) is 0. The first kappa shape index (κ1) is 18.1. The Hall–Kier alpha value is -0.860. The van der Waals surface area contributed by atoms with Gasteiger partial charge in [-0.2, -0.15) is 0 Å². The molecule has 0 atom stereocenters. The highest BCUT2D eigenvalue weighted by molar-refractivity contribution is 5.78. The zero-order chi connectivity index (χ0) is 14.3. The molecule has 0 aliphatic heterocycles. The van der Waals surface area contributed by atoms with Crippen molar-refractivity contribution in [2.45, 2.75) is 90.4 Å². The van der Waals surface area contributed by atoms with E-state index in [2.05, 4.69) is 6.92 Å². The highest BCUT2D eigenvalue weighted by Gasteiger charge is 2.01. The fourth-order valence-corrected chi connectivity index (χ4v) is 2.16. The summed E-state index contributed by atoms with van der Waals surface area (Å²) in [5.74, 6) is -0.261. The third-order valence-corrected chi connectivity index (χ3v) is 3.41. The molecule has 0 aromatic rings. The predicted octanol–water partition coefficient (Wildman–Crippen LogP) is 4.73. The molecule has 0 rings (SSSR count). The van der Waals surface area contributed by atoms with Gasteiger partial charge in [0.05, 0.1) is 0 Å². The molecule has 0 saturated heterocycles. The van der Waals surface area contributed by atoms with Crippen molar-refractivity contribution in [3.8, 4) is 0 Å². The van der Waals surface area contributed by atoms with Crippen LogP contribution in [-0.2, 0) is 9.59 Å². The zero-order valence-corrected chi connectivity index (χ0v) is 12.5. The SMILES string of the molecule is CCCCC(=O)CCCCCCCCCCC(=O)O. The molecule has 0 unspecified atom stereocenters. The van der Waals surface area contributed by atoms with Gasteiger partial charge in [-0.15, -0.1) is 0 Å². The second-order valence-electron chi connectivity index (χ2n) is 5.36. The van der Waals surface area contributed by atoms with Gasteiger partial charge in [-0.3, -0.25) is 9.59 Å². The average molecular weight is 270 g/mol. The summed E-state index contributed by atoms with van der Waals surface area (Å²) >= 11 is 0. The Kier molecular flexibility index (Phi) is 13.0. The van der Waals surface area contributed by atoms with Crippen LogP contribution in [-0.4, -0.2) is 16.9 Å². The molecule has 0 amide bonds. The van der Waals surface area contributed by atoms with Crippen molar-refractivity contribution in [1.29, 1.82) is 0 Å². The molecule has 0 aliphatic carbocycles. The summed E-state index contributed by atoms with van der Waals surface area (Å²) in [6.07, 6.45) is 12.8. The van der Waals surface area contributed by atoms with E-state index in [9.17, 15) is 9.59 Å². The molecule has 19 heavy (non-hydrogen) atoms. The first-order valence-electron chi connectivity index (χ1n) is 7.90. The third-order valence-electron chi connectivity index (χ3n) is 3.41. The van der Waals surface area contributed by atoms with E-state index in [1.54, 1.807) is 0 Å². The lowest BCUT2D eigenvalue weighted by Crippen LogP contribution is -1.97. The second-order valence-corrected chi connectivity index (χ2v) is 5.36. The molecule has 0 bridgehead atoms. The Morgan fingerprint density at radius 3 is 1.58 bits per heavy atom. The smallest absolute Gasteiger partial charge is 0.303 e. The fraction of sp³-hybridized carbons (Fsp3) is 0.875. The van der Waals surface area contributed by atoms with Crippen LogP contribution < -0.4 is 0 Å². The average Bonchev–Trinajstić information content (AvgIpc) is 2.38. The lowest BCUT2D eigenvalue weighted by Gasteiger charge is -2.02. The topological polar surface area (TPSA) is 54.4 Å². The summed E-state index contributed by atoms with van der Waals surface area (Å²) < 4.78 is 0. The highest BCUT2D eigenvalue weighted by atomic mass is 16.4. The number of aliphatic carboxylic acids is 1. The Morgan fingerprint density at radius 2 is 1.11 bits per heavy atom. The van der Waals surface area contributed by atoms with Crippen molar-refractivity contribution in [2.75, 3.05) is 0 Å². The number of carbonyl (C=O) groups excluding carboxylic acids is 1. The van der Waals surface area contributed by atoms with E-state index >= 15 is 0 Å². The number of ketones is 1. The van der Waals surface area contributed by atoms with E-state index in [1.165, 1.54) is 19.3 Å². The van der Waals surface area contributed by atoms with Crippen LogP contribution in [0.1, 0.15) is 90.4 Å². The van der Waals surface area contributed by atoms with E-state index in [0.29, 0.717) is 12.2 Å². The minimum atomic E-state index is -0.687. The number of unbranched alkanes of at least 4 members (excludes halogenated alkanes) is 8. The van der Waals surface area contributed by atoms with Crippen LogP contribution in [0.25, 0.3) is 0 Å². The van der Waals surface area contributed by atoms with Crippen molar-refractivity contribution in [3.63, 3.8) is 0 Å². The number of carbonyl (C=O) groups is 2.